The normalized spacial score (nSPS) is 14.9. The van der Waals surface area contributed by atoms with Crippen molar-refractivity contribution in [3.8, 4) is 11.8 Å². The first-order chi connectivity index (χ1) is 7.72. The van der Waals surface area contributed by atoms with Crippen LogP contribution in [0.1, 0.15) is 23.4 Å². The molecule has 3 heteroatoms. The molecule has 0 spiro atoms. The number of hydrogen-bond donors (Lipinski definition) is 0. The second kappa shape index (κ2) is 3.76. The Bertz CT molecular complexity index is 614. The standard InChI is InChI=1S/C13H10ClNS/c1-8-15-13-10(5-4-9-2-3-9)6-11(14)7-12(13)16-8/h6-7,9H,2-3H2,1H3. The third-order valence-electron chi connectivity index (χ3n) is 2.55. The fraction of sp³-hybridized carbons (Fsp3) is 0.308. The lowest BCUT2D eigenvalue weighted by Gasteiger charge is -1.94. The molecule has 1 aliphatic rings. The maximum absolute atomic E-state index is 6.08. The van der Waals surface area contributed by atoms with E-state index in [0.29, 0.717) is 5.92 Å². The highest BCUT2D eigenvalue weighted by Crippen LogP contribution is 2.30. The van der Waals surface area contributed by atoms with E-state index in [4.69, 9.17) is 11.6 Å². The zero-order chi connectivity index (χ0) is 11.1. The second-order valence-corrected chi connectivity index (χ2v) is 5.75. The van der Waals surface area contributed by atoms with Gasteiger partial charge >= 0.3 is 0 Å². The Morgan fingerprint density at radius 1 is 1.44 bits per heavy atom. The Kier molecular flexibility index (Phi) is 2.38. The van der Waals surface area contributed by atoms with Gasteiger partial charge in [-0.05, 0) is 31.9 Å². The minimum Gasteiger partial charge on any atom is -0.240 e. The van der Waals surface area contributed by atoms with Gasteiger partial charge in [-0.1, -0.05) is 23.4 Å². The van der Waals surface area contributed by atoms with Gasteiger partial charge in [-0.2, -0.15) is 0 Å². The molecule has 1 aliphatic carbocycles. The van der Waals surface area contributed by atoms with E-state index in [0.717, 1.165) is 25.8 Å². The van der Waals surface area contributed by atoms with Gasteiger partial charge in [-0.15, -0.1) is 11.3 Å². The zero-order valence-corrected chi connectivity index (χ0v) is 10.5. The second-order valence-electron chi connectivity index (χ2n) is 4.08. The van der Waals surface area contributed by atoms with Crippen molar-refractivity contribution in [2.24, 2.45) is 5.92 Å². The van der Waals surface area contributed by atoms with Gasteiger partial charge in [0.05, 0.1) is 20.8 Å². The third kappa shape index (κ3) is 1.93. The minimum atomic E-state index is 0.605. The topological polar surface area (TPSA) is 12.9 Å². The van der Waals surface area contributed by atoms with E-state index < -0.39 is 0 Å². The number of aromatic nitrogens is 1. The van der Waals surface area contributed by atoms with Crippen LogP contribution in [0.4, 0.5) is 0 Å². The van der Waals surface area contributed by atoms with Crippen LogP contribution in [-0.2, 0) is 0 Å². The van der Waals surface area contributed by atoms with Crippen LogP contribution in [0.25, 0.3) is 10.2 Å². The minimum absolute atomic E-state index is 0.605. The summed E-state index contributed by atoms with van der Waals surface area (Å²) in [4.78, 5) is 4.51. The van der Waals surface area contributed by atoms with Gasteiger partial charge in [0, 0.05) is 10.9 Å². The van der Waals surface area contributed by atoms with E-state index in [-0.39, 0.29) is 0 Å². The average molecular weight is 248 g/mol. The predicted octanol–water partition coefficient (Wildman–Crippen LogP) is 4.02. The van der Waals surface area contributed by atoms with Crippen molar-refractivity contribution in [1.29, 1.82) is 0 Å². The highest BCUT2D eigenvalue weighted by Gasteiger charge is 2.18. The van der Waals surface area contributed by atoms with E-state index in [2.05, 4.69) is 16.8 Å². The van der Waals surface area contributed by atoms with Crippen molar-refractivity contribution in [3.05, 3.63) is 27.7 Å². The Hall–Kier alpha value is -1.04. The van der Waals surface area contributed by atoms with E-state index in [1.54, 1.807) is 11.3 Å². The summed E-state index contributed by atoms with van der Waals surface area (Å²) in [6.07, 6.45) is 2.49. The SMILES string of the molecule is Cc1nc2c(C#CC3CC3)cc(Cl)cc2s1. The molecule has 1 aromatic carbocycles. The largest absolute Gasteiger partial charge is 0.240 e. The summed E-state index contributed by atoms with van der Waals surface area (Å²) >= 11 is 7.74. The molecule has 1 heterocycles. The molecule has 0 radical (unpaired) electrons. The summed E-state index contributed by atoms with van der Waals surface area (Å²) in [6, 6.07) is 3.88. The van der Waals surface area contributed by atoms with E-state index in [9.17, 15) is 0 Å². The van der Waals surface area contributed by atoms with Crippen LogP contribution < -0.4 is 0 Å². The maximum atomic E-state index is 6.08. The van der Waals surface area contributed by atoms with Crippen LogP contribution in [0.3, 0.4) is 0 Å². The molecule has 16 heavy (non-hydrogen) atoms. The molecule has 0 N–H and O–H groups in total. The van der Waals surface area contributed by atoms with Crippen LogP contribution >= 0.6 is 22.9 Å². The number of nitrogens with zero attached hydrogens (tertiary/aromatic N) is 1. The molecule has 0 amide bonds. The summed E-state index contributed by atoms with van der Waals surface area (Å²) in [7, 11) is 0. The molecule has 3 rings (SSSR count). The number of hydrogen-bond acceptors (Lipinski definition) is 2. The van der Waals surface area contributed by atoms with Gasteiger partial charge in [-0.25, -0.2) is 4.98 Å². The molecule has 0 aliphatic heterocycles. The first kappa shape index (κ1) is 10.1. The van der Waals surface area contributed by atoms with E-state index in [1.807, 2.05) is 19.1 Å². The van der Waals surface area contributed by atoms with Crippen molar-refractivity contribution in [3.63, 3.8) is 0 Å². The van der Waals surface area contributed by atoms with Crippen LogP contribution in [0.2, 0.25) is 5.02 Å². The quantitative estimate of drug-likeness (QED) is 0.641. The third-order valence-corrected chi connectivity index (χ3v) is 3.69. The summed E-state index contributed by atoms with van der Waals surface area (Å²) in [6.45, 7) is 2.01. The van der Waals surface area contributed by atoms with Gasteiger partial charge in [0.25, 0.3) is 0 Å². The van der Waals surface area contributed by atoms with Gasteiger partial charge in [-0.3, -0.25) is 0 Å². The lowest BCUT2D eigenvalue weighted by atomic mass is 10.2. The molecular formula is C13H10ClNS. The number of aryl methyl sites for hydroxylation is 1. The first-order valence-electron chi connectivity index (χ1n) is 5.30. The summed E-state index contributed by atoms with van der Waals surface area (Å²) in [5.41, 5.74) is 1.97. The van der Waals surface area contributed by atoms with Crippen LogP contribution in [-0.4, -0.2) is 4.98 Å². The number of halogens is 1. The van der Waals surface area contributed by atoms with Gasteiger partial charge < -0.3 is 0 Å². The molecule has 1 fully saturated rings. The maximum Gasteiger partial charge on any atom is 0.0972 e. The van der Waals surface area contributed by atoms with Crippen molar-refractivity contribution >= 4 is 33.2 Å². The van der Waals surface area contributed by atoms with E-state index >= 15 is 0 Å². The summed E-state index contributed by atoms with van der Waals surface area (Å²) in [5.74, 6) is 7.08. The number of thiazole rings is 1. The van der Waals surface area contributed by atoms with Crippen molar-refractivity contribution < 1.29 is 0 Å². The molecular weight excluding hydrogens is 238 g/mol. The molecule has 1 saturated carbocycles. The Balaban J connectivity index is 2.17. The van der Waals surface area contributed by atoms with E-state index in [1.165, 1.54) is 12.8 Å². The molecule has 0 unspecified atom stereocenters. The lowest BCUT2D eigenvalue weighted by Crippen LogP contribution is -1.80. The summed E-state index contributed by atoms with van der Waals surface area (Å²) < 4.78 is 1.13. The molecule has 2 aromatic rings. The average Bonchev–Trinajstić information content (AvgIpc) is 2.97. The first-order valence-corrected chi connectivity index (χ1v) is 6.50. The monoisotopic (exact) mass is 247 g/mol. The molecule has 0 saturated heterocycles. The Labute approximate surface area is 103 Å². The lowest BCUT2D eigenvalue weighted by molar-refractivity contribution is 1.18. The molecule has 1 aromatic heterocycles. The fourth-order valence-electron chi connectivity index (χ4n) is 1.61. The number of benzene rings is 1. The number of rotatable bonds is 0. The van der Waals surface area contributed by atoms with Gasteiger partial charge in [0.2, 0.25) is 0 Å². The highest BCUT2D eigenvalue weighted by molar-refractivity contribution is 7.18. The highest BCUT2D eigenvalue weighted by atomic mass is 35.5. The van der Waals surface area contributed by atoms with Crippen molar-refractivity contribution in [1.82, 2.24) is 4.98 Å². The Morgan fingerprint density at radius 3 is 3.00 bits per heavy atom. The molecule has 0 atom stereocenters. The van der Waals surface area contributed by atoms with Gasteiger partial charge in [0.1, 0.15) is 0 Å². The molecule has 80 valence electrons. The molecule has 0 bridgehead atoms. The summed E-state index contributed by atoms with van der Waals surface area (Å²) in [5, 5.41) is 1.81. The fourth-order valence-corrected chi connectivity index (χ4v) is 2.79. The van der Waals surface area contributed by atoms with Crippen LogP contribution in [0, 0.1) is 24.7 Å². The Morgan fingerprint density at radius 2 is 2.25 bits per heavy atom. The van der Waals surface area contributed by atoms with Crippen LogP contribution in [0.5, 0.6) is 0 Å². The predicted molar refractivity (Wildman–Crippen MR) is 69.0 cm³/mol. The zero-order valence-electron chi connectivity index (χ0n) is 8.88. The number of fused-ring (bicyclic) bond motifs is 1. The van der Waals surface area contributed by atoms with Gasteiger partial charge in [0.15, 0.2) is 0 Å². The van der Waals surface area contributed by atoms with Crippen molar-refractivity contribution in [2.75, 3.05) is 0 Å². The molecule has 1 nitrogen and oxygen atoms in total. The van der Waals surface area contributed by atoms with Crippen LogP contribution in [0.15, 0.2) is 12.1 Å². The smallest absolute Gasteiger partial charge is 0.0972 e. The van der Waals surface area contributed by atoms with Crippen molar-refractivity contribution in [2.45, 2.75) is 19.8 Å².